The summed E-state index contributed by atoms with van der Waals surface area (Å²) in [6, 6.07) is 4.86. The summed E-state index contributed by atoms with van der Waals surface area (Å²) in [5.41, 5.74) is 0.707. The molecule has 0 spiro atoms. The summed E-state index contributed by atoms with van der Waals surface area (Å²) in [4.78, 5) is 11.5. The van der Waals surface area contributed by atoms with E-state index >= 15 is 0 Å². The van der Waals surface area contributed by atoms with Crippen LogP contribution in [0.25, 0.3) is 5.57 Å². The summed E-state index contributed by atoms with van der Waals surface area (Å²) in [5, 5.41) is 41.2. The van der Waals surface area contributed by atoms with E-state index in [1.54, 1.807) is 4.68 Å². The first-order valence-corrected chi connectivity index (χ1v) is 8.70. The molecule has 0 fully saturated rings. The van der Waals surface area contributed by atoms with Crippen molar-refractivity contribution >= 4 is 11.5 Å². The molecule has 2 rings (SSSR count). The minimum Gasteiger partial charge on any atom is -0.481 e. The summed E-state index contributed by atoms with van der Waals surface area (Å²) in [5.74, 6) is -2.63. The topological polar surface area (TPSA) is 121 Å². The predicted octanol–water partition coefficient (Wildman–Crippen LogP) is 1.94. The summed E-state index contributed by atoms with van der Waals surface area (Å²) in [7, 11) is 0. The van der Waals surface area contributed by atoms with Crippen molar-refractivity contribution in [2.75, 3.05) is 0 Å². The Labute approximate surface area is 161 Å². The standard InChI is InChI=1S/C19H23FN4O4/c1-11(2)24-18(21-22-23-24)12(3)4-9-15(25)10-16(26)17(19(27)28)13-5-7-14(20)8-6-13/h4-9,11,15-17,25-26H,3,10H2,1-2H3,(H,27,28). The van der Waals surface area contributed by atoms with Crippen molar-refractivity contribution in [3.63, 3.8) is 0 Å². The normalized spacial score (nSPS) is 14.9. The van der Waals surface area contributed by atoms with Gasteiger partial charge in [-0.1, -0.05) is 30.9 Å². The SMILES string of the molecule is C=C(C=CC(O)CC(O)C(C(=O)O)c1ccc(F)cc1)c1nnnn1C(C)C. The van der Waals surface area contributed by atoms with Gasteiger partial charge in [0.1, 0.15) is 11.7 Å². The third kappa shape index (κ3) is 5.30. The lowest BCUT2D eigenvalue weighted by atomic mass is 9.90. The molecule has 0 radical (unpaired) electrons. The van der Waals surface area contributed by atoms with Gasteiger partial charge in [0.05, 0.1) is 18.2 Å². The third-order valence-corrected chi connectivity index (χ3v) is 4.15. The summed E-state index contributed by atoms with van der Waals surface area (Å²) in [6.07, 6.45) is 0.159. The van der Waals surface area contributed by atoms with Crippen molar-refractivity contribution in [3.8, 4) is 0 Å². The highest BCUT2D eigenvalue weighted by Gasteiger charge is 2.29. The van der Waals surface area contributed by atoms with Crippen LogP contribution >= 0.6 is 0 Å². The number of aromatic nitrogens is 4. The maximum Gasteiger partial charge on any atom is 0.313 e. The van der Waals surface area contributed by atoms with Gasteiger partial charge in [-0.05, 0) is 42.0 Å². The number of aliphatic carboxylic acids is 1. The van der Waals surface area contributed by atoms with Gasteiger partial charge in [-0.2, -0.15) is 0 Å². The van der Waals surface area contributed by atoms with Crippen LogP contribution in [0.4, 0.5) is 4.39 Å². The molecule has 28 heavy (non-hydrogen) atoms. The highest BCUT2D eigenvalue weighted by molar-refractivity contribution is 5.77. The lowest BCUT2D eigenvalue weighted by Crippen LogP contribution is -2.29. The van der Waals surface area contributed by atoms with Gasteiger partial charge >= 0.3 is 5.97 Å². The second kappa shape index (κ2) is 9.34. The van der Waals surface area contributed by atoms with Gasteiger partial charge in [-0.3, -0.25) is 4.79 Å². The molecule has 0 saturated carbocycles. The fourth-order valence-electron chi connectivity index (χ4n) is 2.72. The number of tetrazole rings is 1. The molecular weight excluding hydrogens is 367 g/mol. The van der Waals surface area contributed by atoms with Crippen molar-refractivity contribution in [1.82, 2.24) is 20.2 Å². The number of rotatable bonds is 9. The van der Waals surface area contributed by atoms with Gasteiger partial charge in [0, 0.05) is 12.0 Å². The molecule has 3 N–H and O–H groups in total. The number of allylic oxidation sites excluding steroid dienone is 2. The van der Waals surface area contributed by atoms with Gasteiger partial charge in [-0.25, -0.2) is 9.07 Å². The molecule has 2 aromatic rings. The molecule has 1 heterocycles. The molecule has 0 aliphatic rings. The van der Waals surface area contributed by atoms with Gasteiger partial charge in [0.15, 0.2) is 5.82 Å². The molecule has 0 saturated heterocycles. The Bertz CT molecular complexity index is 848. The lowest BCUT2D eigenvalue weighted by molar-refractivity contribution is -0.142. The highest BCUT2D eigenvalue weighted by atomic mass is 19.1. The molecule has 0 bridgehead atoms. The lowest BCUT2D eigenvalue weighted by Gasteiger charge is -2.21. The Balaban J connectivity index is 2.05. The number of carboxylic acid groups (broad SMARTS) is 1. The largest absolute Gasteiger partial charge is 0.481 e. The van der Waals surface area contributed by atoms with Gasteiger partial charge in [0.2, 0.25) is 0 Å². The van der Waals surface area contributed by atoms with Gasteiger partial charge < -0.3 is 15.3 Å². The van der Waals surface area contributed by atoms with E-state index in [0.717, 1.165) is 12.1 Å². The Morgan fingerprint density at radius 3 is 2.50 bits per heavy atom. The monoisotopic (exact) mass is 390 g/mol. The minimum absolute atomic E-state index is 0.0222. The van der Waals surface area contributed by atoms with Crippen molar-refractivity contribution in [2.24, 2.45) is 0 Å². The molecule has 9 heteroatoms. The molecule has 8 nitrogen and oxygen atoms in total. The van der Waals surface area contributed by atoms with E-state index in [2.05, 4.69) is 22.1 Å². The molecule has 150 valence electrons. The van der Waals surface area contributed by atoms with Crippen LogP contribution in [0.5, 0.6) is 0 Å². The van der Waals surface area contributed by atoms with Crippen LogP contribution in [-0.4, -0.2) is 53.7 Å². The summed E-state index contributed by atoms with van der Waals surface area (Å²) < 4.78 is 14.6. The summed E-state index contributed by atoms with van der Waals surface area (Å²) in [6.45, 7) is 7.67. The van der Waals surface area contributed by atoms with Crippen molar-refractivity contribution < 1.29 is 24.5 Å². The van der Waals surface area contributed by atoms with Crippen molar-refractivity contribution in [3.05, 3.63) is 60.2 Å². The van der Waals surface area contributed by atoms with Crippen LogP contribution in [0.1, 0.15) is 43.6 Å². The molecule has 0 amide bonds. The first-order valence-electron chi connectivity index (χ1n) is 8.70. The smallest absolute Gasteiger partial charge is 0.313 e. The number of hydrogen-bond acceptors (Lipinski definition) is 6. The number of halogens is 1. The number of benzene rings is 1. The summed E-state index contributed by atoms with van der Waals surface area (Å²) >= 11 is 0. The maximum absolute atomic E-state index is 13.1. The minimum atomic E-state index is -1.38. The van der Waals surface area contributed by atoms with Crippen LogP contribution in [-0.2, 0) is 4.79 Å². The zero-order valence-corrected chi connectivity index (χ0v) is 15.6. The van der Waals surface area contributed by atoms with Crippen molar-refractivity contribution in [1.29, 1.82) is 0 Å². The first-order chi connectivity index (χ1) is 13.2. The van der Waals surface area contributed by atoms with E-state index in [1.807, 2.05) is 13.8 Å². The van der Waals surface area contributed by atoms with Crippen LogP contribution in [0, 0.1) is 5.82 Å². The van der Waals surface area contributed by atoms with Crippen LogP contribution in [0.15, 0.2) is 43.0 Å². The Kier molecular flexibility index (Phi) is 7.13. The molecule has 0 aliphatic carbocycles. The average molecular weight is 390 g/mol. The molecular formula is C19H23FN4O4. The first kappa shape index (κ1) is 21.4. The van der Waals surface area contributed by atoms with E-state index in [-0.39, 0.29) is 18.0 Å². The number of nitrogens with zero attached hydrogens (tertiary/aromatic N) is 4. The van der Waals surface area contributed by atoms with Gasteiger partial charge in [0.25, 0.3) is 0 Å². The van der Waals surface area contributed by atoms with E-state index in [9.17, 15) is 24.5 Å². The number of aliphatic hydroxyl groups excluding tert-OH is 2. The Hall–Kier alpha value is -2.91. The molecule has 3 unspecified atom stereocenters. The Morgan fingerprint density at radius 1 is 1.29 bits per heavy atom. The van der Waals surface area contributed by atoms with E-state index in [4.69, 9.17) is 0 Å². The molecule has 1 aromatic carbocycles. The molecule has 3 atom stereocenters. The quantitative estimate of drug-likeness (QED) is 0.560. The van der Waals surface area contributed by atoms with Gasteiger partial charge in [-0.15, -0.1) is 5.10 Å². The highest BCUT2D eigenvalue weighted by Crippen LogP contribution is 2.24. The number of hydrogen-bond donors (Lipinski definition) is 3. The fourth-order valence-corrected chi connectivity index (χ4v) is 2.72. The van der Waals surface area contributed by atoms with Crippen molar-refractivity contribution in [2.45, 2.75) is 44.4 Å². The second-order valence-corrected chi connectivity index (χ2v) is 6.66. The zero-order valence-electron chi connectivity index (χ0n) is 15.6. The molecule has 0 aliphatic heterocycles. The maximum atomic E-state index is 13.1. The van der Waals surface area contributed by atoms with Crippen LogP contribution in [0.2, 0.25) is 0 Å². The number of aliphatic hydroxyl groups is 2. The van der Waals surface area contributed by atoms with E-state index in [0.29, 0.717) is 11.4 Å². The van der Waals surface area contributed by atoms with E-state index in [1.165, 1.54) is 24.3 Å². The third-order valence-electron chi connectivity index (χ3n) is 4.15. The Morgan fingerprint density at radius 2 is 1.93 bits per heavy atom. The number of carbonyl (C=O) groups is 1. The fraction of sp³-hybridized carbons (Fsp3) is 0.368. The zero-order chi connectivity index (χ0) is 20.8. The van der Waals surface area contributed by atoms with Crippen LogP contribution < -0.4 is 0 Å². The second-order valence-electron chi connectivity index (χ2n) is 6.66. The predicted molar refractivity (Wildman–Crippen MR) is 99.8 cm³/mol. The van der Waals surface area contributed by atoms with E-state index < -0.39 is 29.9 Å². The van der Waals surface area contributed by atoms with Crippen LogP contribution in [0.3, 0.4) is 0 Å². The number of carboxylic acids is 1. The molecule has 1 aromatic heterocycles. The average Bonchev–Trinajstić information content (AvgIpc) is 3.11.